The van der Waals surface area contributed by atoms with Crippen LogP contribution in [-0.4, -0.2) is 25.9 Å². The number of halogens is 1. The minimum atomic E-state index is -3.92. The van der Waals surface area contributed by atoms with Crippen molar-refractivity contribution in [2.45, 2.75) is 17.9 Å². The van der Waals surface area contributed by atoms with Crippen LogP contribution in [0.3, 0.4) is 0 Å². The summed E-state index contributed by atoms with van der Waals surface area (Å²) >= 11 is 0. The molecule has 8 heteroatoms. The molecule has 3 aromatic rings. The second kappa shape index (κ2) is 7.63. The van der Waals surface area contributed by atoms with Crippen LogP contribution in [0.15, 0.2) is 71.8 Å². The number of benzene rings is 2. The van der Waals surface area contributed by atoms with Gasteiger partial charge >= 0.3 is 0 Å². The van der Waals surface area contributed by atoms with E-state index in [1.165, 1.54) is 10.4 Å². The zero-order chi connectivity index (χ0) is 20.4. The minimum Gasteiger partial charge on any atom is -0.346 e. The number of para-hydroxylation sites is 1. The Hall–Kier alpha value is -3.26. The van der Waals surface area contributed by atoms with Crippen molar-refractivity contribution in [2.24, 2.45) is 0 Å². The largest absolute Gasteiger partial charge is 0.346 e. The van der Waals surface area contributed by atoms with E-state index in [1.807, 2.05) is 12.1 Å². The van der Waals surface area contributed by atoms with Gasteiger partial charge in [-0.3, -0.25) is 14.1 Å². The number of carbonyl (C=O) groups excluding carboxylic acids is 1. The Bertz CT molecular complexity index is 1170. The molecule has 0 spiro atoms. The zero-order valence-electron chi connectivity index (χ0n) is 15.4. The van der Waals surface area contributed by atoms with E-state index in [0.717, 1.165) is 17.7 Å². The maximum absolute atomic E-state index is 14.3. The molecule has 1 aliphatic rings. The second-order valence-corrected chi connectivity index (χ2v) is 8.46. The normalized spacial score (nSPS) is 13.2. The Morgan fingerprint density at radius 3 is 2.69 bits per heavy atom. The molecule has 1 aromatic heterocycles. The van der Waals surface area contributed by atoms with Gasteiger partial charge in [0.1, 0.15) is 5.82 Å². The lowest BCUT2D eigenvalue weighted by molar-refractivity contribution is 0.0946. The van der Waals surface area contributed by atoms with Crippen LogP contribution in [0.2, 0.25) is 0 Å². The Kier molecular flexibility index (Phi) is 5.02. The topological polar surface area (TPSA) is 79.4 Å². The molecule has 0 radical (unpaired) electrons. The Labute approximate surface area is 168 Å². The number of fused-ring (bicyclic) bond motifs is 1. The summed E-state index contributed by atoms with van der Waals surface area (Å²) in [5.41, 5.74) is 1.83. The molecule has 148 valence electrons. The van der Waals surface area contributed by atoms with Crippen molar-refractivity contribution in [3.05, 3.63) is 89.5 Å². The summed E-state index contributed by atoms with van der Waals surface area (Å²) in [7, 11) is -3.92. The standard InChI is InChI=1S/C21H18FN3O3S/c22-19-9-8-17(13-18(19)21(26)24-14-16-6-3-4-11-23-16)29(27,28)25-12-10-15-5-1-2-7-20(15)25/h1-9,11,13H,10,12,14H2,(H,24,26). The van der Waals surface area contributed by atoms with Crippen molar-refractivity contribution < 1.29 is 17.6 Å². The highest BCUT2D eigenvalue weighted by atomic mass is 32.2. The van der Waals surface area contributed by atoms with E-state index < -0.39 is 21.7 Å². The summed E-state index contributed by atoms with van der Waals surface area (Å²) in [5.74, 6) is -1.49. The highest BCUT2D eigenvalue weighted by Crippen LogP contribution is 2.33. The number of carbonyl (C=O) groups is 1. The number of anilines is 1. The lowest BCUT2D eigenvalue weighted by Crippen LogP contribution is -2.30. The minimum absolute atomic E-state index is 0.107. The first kappa shape index (κ1) is 19.1. The van der Waals surface area contributed by atoms with Crippen LogP contribution >= 0.6 is 0 Å². The first-order chi connectivity index (χ1) is 14.0. The quantitative estimate of drug-likeness (QED) is 0.700. The number of nitrogens with one attached hydrogen (secondary N) is 1. The lowest BCUT2D eigenvalue weighted by atomic mass is 10.2. The molecule has 0 saturated carbocycles. The Balaban J connectivity index is 1.60. The molecule has 0 aliphatic carbocycles. The average molecular weight is 411 g/mol. The van der Waals surface area contributed by atoms with Gasteiger partial charge in [0.15, 0.2) is 0 Å². The summed E-state index contributed by atoms with van der Waals surface area (Å²) in [5, 5.41) is 2.57. The van der Waals surface area contributed by atoms with Gasteiger partial charge in [0.25, 0.3) is 15.9 Å². The molecular weight excluding hydrogens is 393 g/mol. The zero-order valence-corrected chi connectivity index (χ0v) is 16.2. The van der Waals surface area contributed by atoms with Gasteiger partial charge in [-0.1, -0.05) is 24.3 Å². The first-order valence-corrected chi connectivity index (χ1v) is 10.5. The molecule has 0 bridgehead atoms. The van der Waals surface area contributed by atoms with Gasteiger partial charge in [0, 0.05) is 12.7 Å². The van der Waals surface area contributed by atoms with Gasteiger partial charge in [0.2, 0.25) is 0 Å². The predicted molar refractivity (Wildman–Crippen MR) is 106 cm³/mol. The summed E-state index contributed by atoms with van der Waals surface area (Å²) in [6, 6.07) is 15.8. The van der Waals surface area contributed by atoms with Crippen LogP contribution in [0, 0.1) is 5.82 Å². The number of aromatic nitrogens is 1. The van der Waals surface area contributed by atoms with Crippen molar-refractivity contribution in [1.82, 2.24) is 10.3 Å². The summed E-state index contributed by atoms with van der Waals surface area (Å²) in [4.78, 5) is 16.4. The number of amides is 1. The number of rotatable bonds is 5. The van der Waals surface area contributed by atoms with Crippen LogP contribution in [0.1, 0.15) is 21.6 Å². The van der Waals surface area contributed by atoms with E-state index in [1.54, 1.807) is 36.5 Å². The van der Waals surface area contributed by atoms with Crippen molar-refractivity contribution in [3.63, 3.8) is 0 Å². The molecule has 4 rings (SSSR count). The fraction of sp³-hybridized carbons (Fsp3) is 0.143. The van der Waals surface area contributed by atoms with Crippen molar-refractivity contribution in [2.75, 3.05) is 10.8 Å². The van der Waals surface area contributed by atoms with E-state index in [-0.39, 0.29) is 17.0 Å². The van der Waals surface area contributed by atoms with E-state index in [0.29, 0.717) is 24.3 Å². The average Bonchev–Trinajstić information content (AvgIpc) is 3.18. The fourth-order valence-corrected chi connectivity index (χ4v) is 4.82. The van der Waals surface area contributed by atoms with Gasteiger partial charge < -0.3 is 5.32 Å². The molecule has 1 amide bonds. The van der Waals surface area contributed by atoms with Crippen molar-refractivity contribution >= 4 is 21.6 Å². The molecule has 0 saturated heterocycles. The maximum atomic E-state index is 14.3. The highest BCUT2D eigenvalue weighted by molar-refractivity contribution is 7.92. The van der Waals surface area contributed by atoms with Crippen LogP contribution in [0.4, 0.5) is 10.1 Å². The van der Waals surface area contributed by atoms with Crippen LogP contribution in [0.5, 0.6) is 0 Å². The van der Waals surface area contributed by atoms with E-state index in [2.05, 4.69) is 10.3 Å². The number of hydrogen-bond acceptors (Lipinski definition) is 4. The number of pyridine rings is 1. The smallest absolute Gasteiger partial charge is 0.264 e. The molecular formula is C21H18FN3O3S. The van der Waals surface area contributed by atoms with E-state index in [4.69, 9.17) is 0 Å². The van der Waals surface area contributed by atoms with Gasteiger partial charge in [-0.15, -0.1) is 0 Å². The molecule has 2 heterocycles. The molecule has 0 fully saturated rings. The third-order valence-corrected chi connectivity index (χ3v) is 6.58. The van der Waals surface area contributed by atoms with Gasteiger partial charge in [-0.2, -0.15) is 0 Å². The van der Waals surface area contributed by atoms with Crippen LogP contribution in [-0.2, 0) is 23.0 Å². The third-order valence-electron chi connectivity index (χ3n) is 4.77. The molecule has 6 nitrogen and oxygen atoms in total. The summed E-state index contributed by atoms with van der Waals surface area (Å²) in [6.45, 7) is 0.413. The summed E-state index contributed by atoms with van der Waals surface area (Å²) < 4.78 is 41.8. The Morgan fingerprint density at radius 2 is 1.90 bits per heavy atom. The van der Waals surface area contributed by atoms with Gasteiger partial charge in [-0.25, -0.2) is 12.8 Å². The third kappa shape index (κ3) is 3.71. The second-order valence-electron chi connectivity index (χ2n) is 6.60. The van der Waals surface area contributed by atoms with E-state index >= 15 is 0 Å². The van der Waals surface area contributed by atoms with Gasteiger partial charge in [-0.05, 0) is 48.4 Å². The SMILES string of the molecule is O=C(NCc1ccccn1)c1cc(S(=O)(=O)N2CCc3ccccc32)ccc1F. The molecule has 1 aliphatic heterocycles. The molecule has 0 unspecified atom stereocenters. The molecule has 1 N–H and O–H groups in total. The lowest BCUT2D eigenvalue weighted by Gasteiger charge is -2.20. The monoisotopic (exact) mass is 411 g/mol. The maximum Gasteiger partial charge on any atom is 0.264 e. The van der Waals surface area contributed by atoms with Crippen LogP contribution in [0.25, 0.3) is 0 Å². The molecule has 29 heavy (non-hydrogen) atoms. The van der Waals surface area contributed by atoms with Crippen molar-refractivity contribution in [3.8, 4) is 0 Å². The molecule has 2 aromatic carbocycles. The number of hydrogen-bond donors (Lipinski definition) is 1. The first-order valence-electron chi connectivity index (χ1n) is 9.05. The number of sulfonamides is 1. The molecule has 0 atom stereocenters. The fourth-order valence-electron chi connectivity index (χ4n) is 3.29. The predicted octanol–water partition coefficient (Wildman–Crippen LogP) is 2.90. The van der Waals surface area contributed by atoms with E-state index in [9.17, 15) is 17.6 Å². The number of nitrogens with zero attached hydrogens (tertiary/aromatic N) is 2. The summed E-state index contributed by atoms with van der Waals surface area (Å²) in [6.07, 6.45) is 2.19. The van der Waals surface area contributed by atoms with Gasteiger partial charge in [0.05, 0.1) is 28.4 Å². The van der Waals surface area contributed by atoms with Crippen molar-refractivity contribution in [1.29, 1.82) is 0 Å². The van der Waals surface area contributed by atoms with Crippen LogP contribution < -0.4 is 9.62 Å². The highest BCUT2D eigenvalue weighted by Gasteiger charge is 2.31. The Morgan fingerprint density at radius 1 is 1.10 bits per heavy atom.